The summed E-state index contributed by atoms with van der Waals surface area (Å²) in [5.74, 6) is 0. The molecule has 1 unspecified atom stereocenters. The predicted octanol–water partition coefficient (Wildman–Crippen LogP) is 1.82. The van der Waals surface area contributed by atoms with Crippen LogP contribution in [0.15, 0.2) is 65.9 Å². The molecule has 5 nitrogen and oxygen atoms in total. The Labute approximate surface area is 130 Å². The van der Waals surface area contributed by atoms with Gasteiger partial charge in [0.05, 0.1) is 17.5 Å². The van der Waals surface area contributed by atoms with Crippen molar-refractivity contribution >= 4 is 18.2 Å². The van der Waals surface area contributed by atoms with Crippen LogP contribution in [-0.4, -0.2) is 31.3 Å². The Morgan fingerprint density at radius 1 is 1.36 bits per heavy atom. The third kappa shape index (κ3) is 3.86. The Kier molecular flexibility index (Phi) is 6.66. The number of rotatable bonds is 8. The fraction of sp³-hybridized carbons (Fsp3) is 0.118. The molecule has 5 heteroatoms. The monoisotopic (exact) mass is 296 g/mol. The molecule has 0 aliphatic rings. The number of allylic oxidation sites excluding steroid dienone is 3. The van der Waals surface area contributed by atoms with Gasteiger partial charge in [0.2, 0.25) is 0 Å². The normalized spacial score (nSPS) is 13.8. The fourth-order valence-corrected chi connectivity index (χ4v) is 2.12. The van der Waals surface area contributed by atoms with E-state index in [9.17, 15) is 4.79 Å². The second-order valence-corrected chi connectivity index (χ2v) is 4.50. The summed E-state index contributed by atoms with van der Waals surface area (Å²) in [7, 11) is 1.68. The minimum atomic E-state index is -0.548. The highest BCUT2D eigenvalue weighted by atomic mass is 16.1. The van der Waals surface area contributed by atoms with Crippen LogP contribution in [0.3, 0.4) is 0 Å². The van der Waals surface area contributed by atoms with Gasteiger partial charge in [0, 0.05) is 11.8 Å². The van der Waals surface area contributed by atoms with Gasteiger partial charge in [-0.3, -0.25) is 10.2 Å². The average molecular weight is 296 g/mol. The number of nitrogens with one attached hydrogen (secondary N) is 3. The molecule has 0 saturated carbocycles. The first-order valence-corrected chi connectivity index (χ1v) is 6.70. The van der Waals surface area contributed by atoms with Crippen molar-refractivity contribution in [3.8, 4) is 0 Å². The molecule has 0 bridgehead atoms. The summed E-state index contributed by atoms with van der Waals surface area (Å²) < 4.78 is 0. The summed E-state index contributed by atoms with van der Waals surface area (Å²) in [4.78, 5) is 11.2. The van der Waals surface area contributed by atoms with E-state index in [0.717, 1.165) is 6.21 Å². The lowest BCUT2D eigenvalue weighted by Gasteiger charge is -2.22. The topological polar surface area (TPSA) is 103 Å². The van der Waals surface area contributed by atoms with Crippen LogP contribution in [0.1, 0.15) is 5.56 Å². The predicted molar refractivity (Wildman–Crippen MR) is 90.5 cm³/mol. The molecule has 1 atom stereocenters. The molecule has 0 spiro atoms. The van der Waals surface area contributed by atoms with E-state index in [1.54, 1.807) is 31.3 Å². The lowest BCUT2D eigenvalue weighted by atomic mass is 9.90. The zero-order valence-electron chi connectivity index (χ0n) is 12.5. The highest BCUT2D eigenvalue weighted by molar-refractivity contribution is 6.14. The summed E-state index contributed by atoms with van der Waals surface area (Å²) >= 11 is 0. The van der Waals surface area contributed by atoms with Crippen molar-refractivity contribution in [3.63, 3.8) is 0 Å². The van der Waals surface area contributed by atoms with Gasteiger partial charge in [-0.05, 0) is 18.2 Å². The van der Waals surface area contributed by atoms with Gasteiger partial charge in [0.15, 0.2) is 6.29 Å². The van der Waals surface area contributed by atoms with E-state index < -0.39 is 6.04 Å². The first-order chi connectivity index (χ1) is 10.6. The number of benzene rings is 1. The van der Waals surface area contributed by atoms with Gasteiger partial charge in [-0.2, -0.15) is 0 Å². The second-order valence-electron chi connectivity index (χ2n) is 4.50. The maximum atomic E-state index is 11.2. The lowest BCUT2D eigenvalue weighted by Crippen LogP contribution is -2.36. The van der Waals surface area contributed by atoms with Crippen LogP contribution in [-0.2, 0) is 4.79 Å². The zero-order valence-corrected chi connectivity index (χ0v) is 12.5. The van der Waals surface area contributed by atoms with E-state index in [-0.39, 0.29) is 11.4 Å². The van der Waals surface area contributed by atoms with Crippen molar-refractivity contribution in [1.82, 2.24) is 5.32 Å². The SMILES string of the molecule is C=C/C=C(\C=N)C(NC)/C(C(=N)c1ccccc1)=C(/N)C=O. The van der Waals surface area contributed by atoms with Gasteiger partial charge < -0.3 is 16.5 Å². The molecule has 0 aromatic heterocycles. The molecular formula is C17H20N4O. The van der Waals surface area contributed by atoms with Gasteiger partial charge in [0.1, 0.15) is 0 Å². The van der Waals surface area contributed by atoms with E-state index in [1.807, 2.05) is 18.2 Å². The number of carbonyl (C=O) groups is 1. The van der Waals surface area contributed by atoms with E-state index in [4.69, 9.17) is 16.6 Å². The molecule has 0 aliphatic heterocycles. The molecule has 0 heterocycles. The largest absolute Gasteiger partial charge is 0.396 e. The van der Waals surface area contributed by atoms with Crippen LogP contribution in [0, 0.1) is 10.8 Å². The van der Waals surface area contributed by atoms with Crippen molar-refractivity contribution in [2.75, 3.05) is 7.05 Å². The van der Waals surface area contributed by atoms with E-state index in [1.165, 1.54) is 0 Å². The van der Waals surface area contributed by atoms with E-state index in [0.29, 0.717) is 23.0 Å². The third-order valence-electron chi connectivity index (χ3n) is 3.16. The quantitative estimate of drug-likeness (QED) is 0.254. The molecule has 0 radical (unpaired) electrons. The molecule has 1 rings (SSSR count). The molecule has 0 fully saturated rings. The van der Waals surface area contributed by atoms with Crippen molar-refractivity contribution in [1.29, 1.82) is 10.8 Å². The maximum absolute atomic E-state index is 11.2. The van der Waals surface area contributed by atoms with Crippen LogP contribution in [0.4, 0.5) is 0 Å². The number of hydrogen-bond acceptors (Lipinski definition) is 5. The van der Waals surface area contributed by atoms with Crippen LogP contribution in [0.2, 0.25) is 0 Å². The highest BCUT2D eigenvalue weighted by Gasteiger charge is 2.23. The molecule has 1 aromatic rings. The van der Waals surface area contributed by atoms with Crippen molar-refractivity contribution < 1.29 is 4.79 Å². The number of carbonyl (C=O) groups excluding carboxylic acids is 1. The Hall–Kier alpha value is -2.79. The molecule has 114 valence electrons. The third-order valence-corrected chi connectivity index (χ3v) is 3.16. The molecule has 0 aliphatic carbocycles. The molecule has 5 N–H and O–H groups in total. The molecular weight excluding hydrogens is 276 g/mol. The molecule has 0 saturated heterocycles. The first kappa shape index (κ1) is 17.3. The molecule has 1 aromatic carbocycles. The van der Waals surface area contributed by atoms with Crippen molar-refractivity contribution in [2.24, 2.45) is 5.73 Å². The Bertz CT molecular complexity index is 629. The summed E-state index contributed by atoms with van der Waals surface area (Å²) in [6.07, 6.45) is 4.86. The number of likely N-dealkylation sites (N-methyl/N-ethyl adjacent to an activating group) is 1. The highest BCUT2D eigenvalue weighted by Crippen LogP contribution is 2.18. The number of nitrogens with two attached hydrogens (primary N) is 1. The van der Waals surface area contributed by atoms with Crippen LogP contribution in [0.5, 0.6) is 0 Å². The Balaban J connectivity index is 3.44. The first-order valence-electron chi connectivity index (χ1n) is 6.70. The zero-order chi connectivity index (χ0) is 16.5. The van der Waals surface area contributed by atoms with E-state index >= 15 is 0 Å². The van der Waals surface area contributed by atoms with Crippen LogP contribution < -0.4 is 11.1 Å². The summed E-state index contributed by atoms with van der Waals surface area (Å²) in [6, 6.07) is 8.46. The summed E-state index contributed by atoms with van der Waals surface area (Å²) in [5, 5.41) is 18.9. The van der Waals surface area contributed by atoms with Crippen molar-refractivity contribution in [2.45, 2.75) is 6.04 Å². The number of hydrogen-bond donors (Lipinski definition) is 4. The smallest absolute Gasteiger partial charge is 0.166 e. The van der Waals surface area contributed by atoms with Gasteiger partial charge in [-0.1, -0.05) is 49.1 Å². The Morgan fingerprint density at radius 2 is 2.00 bits per heavy atom. The lowest BCUT2D eigenvalue weighted by molar-refractivity contribution is -0.105. The fourth-order valence-electron chi connectivity index (χ4n) is 2.12. The Morgan fingerprint density at radius 3 is 2.45 bits per heavy atom. The second kappa shape index (κ2) is 8.49. The number of aldehydes is 1. The van der Waals surface area contributed by atoms with Crippen LogP contribution >= 0.6 is 0 Å². The summed E-state index contributed by atoms with van der Waals surface area (Å²) in [5.41, 5.74) is 7.46. The summed E-state index contributed by atoms with van der Waals surface area (Å²) in [6.45, 7) is 3.61. The average Bonchev–Trinajstić information content (AvgIpc) is 2.57. The maximum Gasteiger partial charge on any atom is 0.166 e. The molecule has 22 heavy (non-hydrogen) atoms. The minimum absolute atomic E-state index is 0.0370. The molecule has 0 amide bonds. The standard InChI is InChI=1S/C17H20N4O/c1-3-7-13(10-18)17(21-2)15(14(19)11-22)16(20)12-8-5-4-6-9-12/h3-11,17-18,20-21H,1,19H2,2H3/b13-7+,15-14+,18-10?,20-16?. The van der Waals surface area contributed by atoms with Crippen molar-refractivity contribution in [3.05, 3.63) is 71.5 Å². The van der Waals surface area contributed by atoms with Gasteiger partial charge in [-0.15, -0.1) is 0 Å². The van der Waals surface area contributed by atoms with Crippen LogP contribution in [0.25, 0.3) is 0 Å². The van der Waals surface area contributed by atoms with Gasteiger partial charge in [0.25, 0.3) is 0 Å². The minimum Gasteiger partial charge on any atom is -0.396 e. The van der Waals surface area contributed by atoms with Gasteiger partial charge in [-0.25, -0.2) is 0 Å². The van der Waals surface area contributed by atoms with E-state index in [2.05, 4.69) is 11.9 Å². The van der Waals surface area contributed by atoms with Gasteiger partial charge >= 0.3 is 0 Å².